The van der Waals surface area contributed by atoms with Gasteiger partial charge in [0.25, 0.3) is 0 Å². The van der Waals surface area contributed by atoms with Crippen LogP contribution in [-0.2, 0) is 4.74 Å². The van der Waals surface area contributed by atoms with Crippen molar-refractivity contribution in [3.8, 4) is 0 Å². The van der Waals surface area contributed by atoms with Crippen LogP contribution in [0.2, 0.25) is 0 Å². The molecule has 1 unspecified atom stereocenters. The van der Waals surface area contributed by atoms with Gasteiger partial charge in [0.15, 0.2) is 0 Å². The molecule has 3 heteroatoms. The number of aliphatic hydroxyl groups is 1. The summed E-state index contributed by atoms with van der Waals surface area (Å²) in [7, 11) is 1.63. The van der Waals surface area contributed by atoms with Gasteiger partial charge < -0.3 is 9.84 Å². The van der Waals surface area contributed by atoms with Crippen LogP contribution in [0.15, 0.2) is 82.0 Å². The molecule has 0 saturated heterocycles. The Kier molecular flexibility index (Phi) is 6.35. The van der Waals surface area contributed by atoms with Gasteiger partial charge in [0.2, 0.25) is 0 Å². The van der Waals surface area contributed by atoms with E-state index in [-0.39, 0.29) is 0 Å². The molecule has 0 aliphatic carbocycles. The normalized spacial score (nSPS) is 11.4. The molecule has 2 aromatic carbocycles. The maximum Gasteiger partial charge on any atom is 0.138 e. The fourth-order valence-electron chi connectivity index (χ4n) is 1.97. The molecule has 0 radical (unpaired) electrons. The van der Waals surface area contributed by atoms with Crippen LogP contribution in [0.4, 0.5) is 0 Å². The zero-order valence-electron chi connectivity index (χ0n) is 12.8. The third-order valence-corrected chi connectivity index (χ3v) is 4.22. The maximum absolute atomic E-state index is 10.7. The van der Waals surface area contributed by atoms with E-state index < -0.39 is 6.10 Å². The molecule has 2 nitrogen and oxygen atoms in total. The van der Waals surface area contributed by atoms with Crippen molar-refractivity contribution < 1.29 is 9.84 Å². The molecule has 0 aliphatic heterocycles. The minimum absolute atomic E-state index is 0.719. The molecule has 1 N–H and O–H groups in total. The van der Waals surface area contributed by atoms with Crippen molar-refractivity contribution in [3.05, 3.63) is 82.6 Å². The van der Waals surface area contributed by atoms with Crippen molar-refractivity contribution in [2.45, 2.75) is 24.3 Å². The first kappa shape index (κ1) is 16.4. The summed E-state index contributed by atoms with van der Waals surface area (Å²) in [5.41, 5.74) is 4.07. The van der Waals surface area contributed by atoms with Gasteiger partial charge in [0, 0.05) is 11.3 Å². The van der Waals surface area contributed by atoms with Crippen LogP contribution < -0.4 is 0 Å². The number of ether oxygens (including phenoxy) is 1. The molecule has 22 heavy (non-hydrogen) atoms. The standard InChI is InChI=1S/C19H20O2S/c1-3-16(21-2)14-18(22-17-12-8-5-9-13-17)19(20)15-10-6-4-7-11-15/h4-13,19-20H,3H2,1-2H3. The van der Waals surface area contributed by atoms with E-state index in [9.17, 15) is 5.11 Å². The van der Waals surface area contributed by atoms with Crippen LogP contribution in [0.3, 0.4) is 0 Å². The Bertz CT molecular complexity index is 638. The van der Waals surface area contributed by atoms with Crippen LogP contribution in [0, 0.1) is 0 Å². The van der Waals surface area contributed by atoms with Gasteiger partial charge in [-0.15, -0.1) is 0 Å². The second-order valence-corrected chi connectivity index (χ2v) is 5.81. The maximum atomic E-state index is 10.7. The van der Waals surface area contributed by atoms with Gasteiger partial charge >= 0.3 is 0 Å². The molecule has 0 heterocycles. The fraction of sp³-hybridized carbons (Fsp3) is 0.211. The van der Waals surface area contributed by atoms with E-state index >= 15 is 0 Å². The smallest absolute Gasteiger partial charge is 0.138 e. The van der Waals surface area contributed by atoms with Crippen LogP contribution in [0.1, 0.15) is 25.0 Å². The van der Waals surface area contributed by atoms with E-state index in [4.69, 9.17) is 4.74 Å². The minimum Gasteiger partial charge on any atom is -0.493 e. The molecular formula is C19H20O2S. The van der Waals surface area contributed by atoms with Gasteiger partial charge in [0.1, 0.15) is 11.9 Å². The zero-order chi connectivity index (χ0) is 15.8. The van der Waals surface area contributed by atoms with Crippen LogP contribution in [0.25, 0.3) is 0 Å². The number of hydrogen-bond donors (Lipinski definition) is 1. The Morgan fingerprint density at radius 3 is 2.23 bits per heavy atom. The Balaban J connectivity index is 2.40. The van der Waals surface area contributed by atoms with Crippen LogP contribution in [0.5, 0.6) is 0 Å². The van der Waals surface area contributed by atoms with Crippen molar-refractivity contribution >= 4 is 11.8 Å². The van der Waals surface area contributed by atoms with E-state index in [2.05, 4.69) is 5.73 Å². The molecule has 2 aromatic rings. The second kappa shape index (κ2) is 8.50. The average molecular weight is 312 g/mol. The Labute approximate surface area is 136 Å². The molecule has 0 saturated carbocycles. The molecule has 0 aliphatic rings. The van der Waals surface area contributed by atoms with Crippen LogP contribution in [-0.4, -0.2) is 12.2 Å². The Morgan fingerprint density at radius 1 is 1.09 bits per heavy atom. The summed E-state index contributed by atoms with van der Waals surface area (Å²) in [6, 6.07) is 19.6. The summed E-state index contributed by atoms with van der Waals surface area (Å²) < 4.78 is 5.31. The van der Waals surface area contributed by atoms with Crippen molar-refractivity contribution in [2.75, 3.05) is 7.11 Å². The summed E-state index contributed by atoms with van der Waals surface area (Å²) in [5.74, 6) is 0.730. The third-order valence-electron chi connectivity index (χ3n) is 3.16. The molecule has 0 bridgehead atoms. The third kappa shape index (κ3) is 4.54. The van der Waals surface area contributed by atoms with E-state index in [1.807, 2.05) is 67.6 Å². The predicted molar refractivity (Wildman–Crippen MR) is 91.5 cm³/mol. The Hall–Kier alpha value is -1.93. The highest BCUT2D eigenvalue weighted by Crippen LogP contribution is 2.35. The summed E-state index contributed by atoms with van der Waals surface area (Å²) in [4.78, 5) is 1.79. The highest BCUT2D eigenvalue weighted by atomic mass is 32.2. The summed E-state index contributed by atoms with van der Waals surface area (Å²) in [6.07, 6.45) is 0.0136. The lowest BCUT2D eigenvalue weighted by atomic mass is 10.1. The summed E-state index contributed by atoms with van der Waals surface area (Å²) in [6.45, 7) is 2.01. The first-order valence-corrected chi connectivity index (χ1v) is 8.05. The largest absolute Gasteiger partial charge is 0.493 e. The lowest BCUT2D eigenvalue weighted by Gasteiger charge is -2.14. The fourth-order valence-corrected chi connectivity index (χ4v) is 2.93. The summed E-state index contributed by atoms with van der Waals surface area (Å²) in [5, 5.41) is 10.7. The van der Waals surface area contributed by atoms with Crippen molar-refractivity contribution in [1.29, 1.82) is 0 Å². The molecule has 2 rings (SSSR count). The van der Waals surface area contributed by atoms with E-state index in [0.29, 0.717) is 0 Å². The van der Waals surface area contributed by atoms with Gasteiger partial charge in [-0.05, 0) is 17.7 Å². The van der Waals surface area contributed by atoms with E-state index in [1.54, 1.807) is 7.11 Å². The molecule has 0 aromatic heterocycles. The molecular weight excluding hydrogens is 292 g/mol. The van der Waals surface area contributed by atoms with Gasteiger partial charge in [-0.2, -0.15) is 0 Å². The van der Waals surface area contributed by atoms with Crippen molar-refractivity contribution in [2.24, 2.45) is 0 Å². The van der Waals surface area contributed by atoms with Crippen LogP contribution >= 0.6 is 11.8 Å². The number of thioether (sulfide) groups is 1. The number of hydrogen-bond acceptors (Lipinski definition) is 3. The van der Waals surface area contributed by atoms with E-state index in [1.165, 1.54) is 11.8 Å². The van der Waals surface area contributed by atoms with Crippen molar-refractivity contribution in [3.63, 3.8) is 0 Å². The molecule has 0 spiro atoms. The lowest BCUT2D eigenvalue weighted by Crippen LogP contribution is -1.99. The van der Waals surface area contributed by atoms with Gasteiger partial charge in [-0.25, -0.2) is 0 Å². The predicted octanol–water partition coefficient (Wildman–Crippen LogP) is 4.94. The first-order valence-electron chi connectivity index (χ1n) is 7.24. The molecule has 0 amide bonds. The summed E-state index contributed by atoms with van der Waals surface area (Å²) >= 11 is 1.51. The first-order chi connectivity index (χ1) is 10.7. The Morgan fingerprint density at radius 2 is 1.68 bits per heavy atom. The quantitative estimate of drug-likeness (QED) is 0.465. The van der Waals surface area contributed by atoms with Gasteiger partial charge in [0.05, 0.1) is 12.0 Å². The zero-order valence-corrected chi connectivity index (χ0v) is 13.6. The monoisotopic (exact) mass is 312 g/mol. The highest BCUT2D eigenvalue weighted by molar-refractivity contribution is 8.03. The topological polar surface area (TPSA) is 29.5 Å². The SMILES string of the molecule is CCC(=C=C(Sc1ccccc1)C(O)c1ccccc1)OC. The number of benzene rings is 2. The molecule has 114 valence electrons. The molecule has 0 fully saturated rings. The second-order valence-electron chi connectivity index (χ2n) is 4.70. The van der Waals surface area contributed by atoms with Gasteiger partial charge in [-0.3, -0.25) is 0 Å². The molecule has 1 atom stereocenters. The average Bonchev–Trinajstić information content (AvgIpc) is 2.59. The number of rotatable bonds is 6. The minimum atomic E-state index is -0.719. The van der Waals surface area contributed by atoms with Crippen molar-refractivity contribution in [1.82, 2.24) is 0 Å². The lowest BCUT2D eigenvalue weighted by molar-refractivity contribution is 0.224. The van der Waals surface area contributed by atoms with E-state index in [0.717, 1.165) is 27.5 Å². The number of methoxy groups -OCH3 is 1. The number of aliphatic hydroxyl groups excluding tert-OH is 1. The van der Waals surface area contributed by atoms with Gasteiger partial charge in [-0.1, -0.05) is 72.9 Å². The highest BCUT2D eigenvalue weighted by Gasteiger charge is 2.15.